The van der Waals surface area contributed by atoms with Crippen LogP contribution in [0.15, 0.2) is 18.7 Å². The molecule has 0 aliphatic carbocycles. The van der Waals surface area contributed by atoms with Crippen LogP contribution in [0.2, 0.25) is 0 Å². The third-order valence-corrected chi connectivity index (χ3v) is 3.92. The summed E-state index contributed by atoms with van der Waals surface area (Å²) in [4.78, 5) is 24.2. The minimum absolute atomic E-state index is 0.210. The SMILES string of the molecule is Cn1cnc(C(=O)N2CCCC(c3ncc(C(F)(F)F)[nH]3)C2)c1. The summed E-state index contributed by atoms with van der Waals surface area (Å²) in [5.74, 6) is -0.166. The van der Waals surface area contributed by atoms with Crippen molar-refractivity contribution in [3.8, 4) is 0 Å². The second-order valence-electron chi connectivity index (χ2n) is 5.69. The molecule has 0 radical (unpaired) electrons. The second-order valence-corrected chi connectivity index (χ2v) is 5.69. The summed E-state index contributed by atoms with van der Waals surface area (Å²) >= 11 is 0. The Balaban J connectivity index is 1.73. The van der Waals surface area contributed by atoms with Gasteiger partial charge in [0.25, 0.3) is 5.91 Å². The summed E-state index contributed by atoms with van der Waals surface area (Å²) in [6.07, 6.45) is 0.928. The van der Waals surface area contributed by atoms with Gasteiger partial charge in [-0.3, -0.25) is 4.79 Å². The summed E-state index contributed by atoms with van der Waals surface area (Å²) in [5.41, 5.74) is -0.524. The third-order valence-electron chi connectivity index (χ3n) is 3.92. The van der Waals surface area contributed by atoms with Crippen LogP contribution in [0.3, 0.4) is 0 Å². The van der Waals surface area contributed by atoms with Crippen molar-refractivity contribution in [3.63, 3.8) is 0 Å². The molecule has 1 unspecified atom stereocenters. The van der Waals surface area contributed by atoms with E-state index in [0.717, 1.165) is 6.20 Å². The van der Waals surface area contributed by atoms with Crippen LogP contribution in [-0.2, 0) is 13.2 Å². The highest BCUT2D eigenvalue weighted by molar-refractivity contribution is 5.92. The Morgan fingerprint density at radius 1 is 1.39 bits per heavy atom. The number of H-pyrrole nitrogens is 1. The van der Waals surface area contributed by atoms with Gasteiger partial charge in [0.2, 0.25) is 0 Å². The van der Waals surface area contributed by atoms with Gasteiger partial charge < -0.3 is 14.5 Å². The Kier molecular flexibility index (Phi) is 3.87. The van der Waals surface area contributed by atoms with E-state index in [-0.39, 0.29) is 17.6 Å². The molecule has 1 amide bonds. The molecule has 1 aliphatic rings. The van der Waals surface area contributed by atoms with Crippen molar-refractivity contribution in [2.45, 2.75) is 24.9 Å². The maximum absolute atomic E-state index is 12.7. The Bertz CT molecular complexity index is 705. The third kappa shape index (κ3) is 3.22. The summed E-state index contributed by atoms with van der Waals surface area (Å²) in [5, 5.41) is 0. The Hall–Kier alpha value is -2.32. The average molecular weight is 327 g/mol. The minimum atomic E-state index is -4.44. The first-order chi connectivity index (χ1) is 10.8. The summed E-state index contributed by atoms with van der Waals surface area (Å²) in [7, 11) is 1.77. The highest BCUT2D eigenvalue weighted by Crippen LogP contribution is 2.31. The monoisotopic (exact) mass is 327 g/mol. The zero-order valence-corrected chi connectivity index (χ0v) is 12.5. The number of likely N-dealkylation sites (tertiary alicyclic amines) is 1. The predicted molar refractivity (Wildman–Crippen MR) is 74.7 cm³/mol. The smallest absolute Gasteiger partial charge is 0.340 e. The molecule has 1 atom stereocenters. The first-order valence-electron chi connectivity index (χ1n) is 7.24. The predicted octanol–water partition coefficient (Wildman–Crippen LogP) is 2.18. The van der Waals surface area contributed by atoms with Crippen LogP contribution >= 0.6 is 0 Å². The summed E-state index contributed by atoms with van der Waals surface area (Å²) in [6.45, 7) is 0.902. The molecule has 124 valence electrons. The van der Waals surface area contributed by atoms with Gasteiger partial charge in [0.1, 0.15) is 17.2 Å². The number of aromatic nitrogens is 4. The van der Waals surface area contributed by atoms with Gasteiger partial charge >= 0.3 is 6.18 Å². The average Bonchev–Trinajstić information content (AvgIpc) is 3.15. The van der Waals surface area contributed by atoms with E-state index < -0.39 is 11.9 Å². The number of hydrogen-bond acceptors (Lipinski definition) is 3. The minimum Gasteiger partial charge on any atom is -0.340 e. The molecule has 1 saturated heterocycles. The van der Waals surface area contributed by atoms with E-state index in [2.05, 4.69) is 15.0 Å². The van der Waals surface area contributed by atoms with E-state index >= 15 is 0 Å². The van der Waals surface area contributed by atoms with Gasteiger partial charge in [-0.15, -0.1) is 0 Å². The number of aromatic amines is 1. The van der Waals surface area contributed by atoms with Crippen molar-refractivity contribution in [2.75, 3.05) is 13.1 Å². The number of rotatable bonds is 2. The van der Waals surface area contributed by atoms with Crippen LogP contribution in [0.1, 0.15) is 40.8 Å². The number of imidazole rings is 2. The van der Waals surface area contributed by atoms with E-state index in [1.54, 1.807) is 22.7 Å². The number of alkyl halides is 3. The number of hydrogen-bond donors (Lipinski definition) is 1. The quantitative estimate of drug-likeness (QED) is 0.919. The van der Waals surface area contributed by atoms with Gasteiger partial charge in [-0.05, 0) is 12.8 Å². The van der Waals surface area contributed by atoms with E-state index in [1.807, 2.05) is 0 Å². The van der Waals surface area contributed by atoms with Gasteiger partial charge in [0, 0.05) is 32.3 Å². The molecular formula is C14H16F3N5O. The van der Waals surface area contributed by atoms with Crippen molar-refractivity contribution in [1.29, 1.82) is 0 Å². The molecule has 9 heteroatoms. The fraction of sp³-hybridized carbons (Fsp3) is 0.500. The fourth-order valence-corrected chi connectivity index (χ4v) is 2.76. The number of carbonyl (C=O) groups is 1. The van der Waals surface area contributed by atoms with Crippen molar-refractivity contribution in [3.05, 3.63) is 35.9 Å². The van der Waals surface area contributed by atoms with Gasteiger partial charge in [0.05, 0.1) is 12.5 Å². The van der Waals surface area contributed by atoms with Gasteiger partial charge in [0.15, 0.2) is 0 Å². The lowest BCUT2D eigenvalue weighted by atomic mass is 9.97. The van der Waals surface area contributed by atoms with Gasteiger partial charge in [-0.25, -0.2) is 9.97 Å². The molecule has 3 heterocycles. The number of halogens is 3. The summed E-state index contributed by atoms with van der Waals surface area (Å²) in [6, 6.07) is 0. The Labute approximate surface area is 130 Å². The van der Waals surface area contributed by atoms with Crippen LogP contribution in [0.4, 0.5) is 13.2 Å². The number of amides is 1. The van der Waals surface area contributed by atoms with Crippen molar-refractivity contribution >= 4 is 5.91 Å². The molecule has 1 aliphatic heterocycles. The fourth-order valence-electron chi connectivity index (χ4n) is 2.76. The maximum Gasteiger partial charge on any atom is 0.432 e. The van der Waals surface area contributed by atoms with E-state index in [9.17, 15) is 18.0 Å². The highest BCUT2D eigenvalue weighted by atomic mass is 19.4. The molecule has 0 aromatic carbocycles. The topological polar surface area (TPSA) is 66.8 Å². The lowest BCUT2D eigenvalue weighted by molar-refractivity contribution is -0.141. The molecule has 2 aromatic rings. The molecule has 0 spiro atoms. The lowest BCUT2D eigenvalue weighted by Gasteiger charge is -2.31. The van der Waals surface area contributed by atoms with Gasteiger partial charge in [-0.1, -0.05) is 0 Å². The molecule has 6 nitrogen and oxygen atoms in total. The normalized spacial score (nSPS) is 19.1. The molecule has 1 N–H and O–H groups in total. The van der Waals surface area contributed by atoms with E-state index in [1.165, 1.54) is 6.33 Å². The molecule has 23 heavy (non-hydrogen) atoms. The first kappa shape index (κ1) is 15.6. The number of aryl methyl sites for hydroxylation is 1. The van der Waals surface area contributed by atoms with Crippen molar-refractivity contribution in [1.82, 2.24) is 24.4 Å². The molecular weight excluding hydrogens is 311 g/mol. The molecule has 0 bridgehead atoms. The first-order valence-corrected chi connectivity index (χ1v) is 7.24. The highest BCUT2D eigenvalue weighted by Gasteiger charge is 2.35. The Morgan fingerprint density at radius 3 is 2.78 bits per heavy atom. The van der Waals surface area contributed by atoms with Crippen LogP contribution < -0.4 is 0 Å². The van der Waals surface area contributed by atoms with Crippen LogP contribution in [-0.4, -0.2) is 43.4 Å². The number of piperidine rings is 1. The second kappa shape index (κ2) is 5.71. The van der Waals surface area contributed by atoms with E-state index in [4.69, 9.17) is 0 Å². The molecule has 3 rings (SSSR count). The van der Waals surface area contributed by atoms with E-state index in [0.29, 0.717) is 31.6 Å². The van der Waals surface area contributed by atoms with Crippen molar-refractivity contribution < 1.29 is 18.0 Å². The zero-order chi connectivity index (χ0) is 16.6. The largest absolute Gasteiger partial charge is 0.432 e. The molecule has 2 aromatic heterocycles. The van der Waals surface area contributed by atoms with Crippen LogP contribution in [0.5, 0.6) is 0 Å². The molecule has 1 fully saturated rings. The zero-order valence-electron chi connectivity index (χ0n) is 12.5. The van der Waals surface area contributed by atoms with Crippen LogP contribution in [0.25, 0.3) is 0 Å². The maximum atomic E-state index is 12.7. The summed E-state index contributed by atoms with van der Waals surface area (Å²) < 4.78 is 39.6. The van der Waals surface area contributed by atoms with Gasteiger partial charge in [-0.2, -0.15) is 13.2 Å². The van der Waals surface area contributed by atoms with Crippen LogP contribution in [0, 0.1) is 0 Å². The van der Waals surface area contributed by atoms with Crippen molar-refractivity contribution in [2.24, 2.45) is 7.05 Å². The number of nitrogens with zero attached hydrogens (tertiary/aromatic N) is 4. The molecule has 0 saturated carbocycles. The number of nitrogens with one attached hydrogen (secondary N) is 1. The standard InChI is InChI=1S/C14H16F3N5O/c1-21-7-10(19-8-21)13(23)22-4-2-3-9(6-22)12-18-5-11(20-12)14(15,16)17/h5,7-9H,2-4,6H2,1H3,(H,18,20). The lowest BCUT2D eigenvalue weighted by Crippen LogP contribution is -2.39. The Morgan fingerprint density at radius 2 is 2.17 bits per heavy atom. The number of carbonyl (C=O) groups excluding carboxylic acids is 1.